The monoisotopic (exact) mass is 639 g/mol. The summed E-state index contributed by atoms with van der Waals surface area (Å²) in [6, 6.07) is 9.47. The highest BCUT2D eigenvalue weighted by Crippen LogP contribution is 2.25. The predicted octanol–water partition coefficient (Wildman–Crippen LogP) is 3.07. The Labute approximate surface area is 260 Å². The third-order valence-corrected chi connectivity index (χ3v) is 6.41. The Hall–Kier alpha value is -5.64. The van der Waals surface area contributed by atoms with Crippen molar-refractivity contribution in [3.63, 3.8) is 0 Å². The Balaban J connectivity index is 1.46. The number of ether oxygens (including phenoxy) is 1. The number of hydrogen-bond acceptors (Lipinski definition) is 9. The number of tetrazole rings is 1. The normalized spacial score (nSPS) is 11.6. The second-order valence-corrected chi connectivity index (χ2v) is 9.69. The minimum Gasteiger partial charge on any atom is -0.481 e. The summed E-state index contributed by atoms with van der Waals surface area (Å²) in [6.45, 7) is 2.22. The van der Waals surface area contributed by atoms with E-state index < -0.39 is 35.7 Å². The summed E-state index contributed by atoms with van der Waals surface area (Å²) >= 11 is 5.96. The molecule has 17 heteroatoms. The van der Waals surface area contributed by atoms with Gasteiger partial charge in [0.25, 0.3) is 0 Å². The van der Waals surface area contributed by atoms with Crippen LogP contribution in [0.15, 0.2) is 61.1 Å². The van der Waals surface area contributed by atoms with Gasteiger partial charge in [-0.05, 0) is 65.9 Å². The van der Waals surface area contributed by atoms with Gasteiger partial charge in [-0.25, -0.2) is 9.18 Å². The van der Waals surface area contributed by atoms with E-state index in [2.05, 4.69) is 36.6 Å². The molecule has 15 nitrogen and oxygen atoms in total. The molecule has 0 aliphatic heterocycles. The maximum absolute atomic E-state index is 14.9. The van der Waals surface area contributed by atoms with Crippen molar-refractivity contribution in [2.45, 2.75) is 32.4 Å². The van der Waals surface area contributed by atoms with Gasteiger partial charge in [-0.15, -0.1) is 5.10 Å². The Morgan fingerprint density at radius 3 is 2.47 bits per heavy atom. The zero-order chi connectivity index (χ0) is 32.3. The Morgan fingerprint density at radius 1 is 1.09 bits per heavy atom. The molecule has 2 aromatic heterocycles. The lowest BCUT2D eigenvalue weighted by atomic mass is 10.1. The van der Waals surface area contributed by atoms with Crippen LogP contribution in [0.25, 0.3) is 11.8 Å². The molecule has 4 N–H and O–H groups in total. The minimum atomic E-state index is -1.10. The van der Waals surface area contributed by atoms with Gasteiger partial charge in [0.2, 0.25) is 11.8 Å². The van der Waals surface area contributed by atoms with Crippen molar-refractivity contribution in [3.8, 4) is 5.69 Å². The number of hydrogen-bond donors (Lipinski definition) is 4. The molecule has 1 atom stereocenters. The molecule has 45 heavy (non-hydrogen) atoms. The number of amides is 3. The van der Waals surface area contributed by atoms with Gasteiger partial charge in [0.1, 0.15) is 19.0 Å². The van der Waals surface area contributed by atoms with E-state index in [0.717, 1.165) is 6.08 Å². The van der Waals surface area contributed by atoms with Crippen molar-refractivity contribution < 1.29 is 33.4 Å². The lowest BCUT2D eigenvalue weighted by Gasteiger charge is -2.17. The first-order valence-corrected chi connectivity index (χ1v) is 13.8. The van der Waals surface area contributed by atoms with Crippen LogP contribution >= 0.6 is 11.6 Å². The number of aromatic nitrogens is 6. The zero-order valence-corrected chi connectivity index (χ0v) is 24.4. The van der Waals surface area contributed by atoms with Gasteiger partial charge in [0, 0.05) is 42.2 Å². The molecule has 2 heterocycles. The van der Waals surface area contributed by atoms with Gasteiger partial charge in [-0.1, -0.05) is 11.6 Å². The first kappa shape index (κ1) is 32.3. The van der Waals surface area contributed by atoms with Crippen molar-refractivity contribution in [1.82, 2.24) is 35.3 Å². The SMILES string of the molecule is CCn1ccc(C[C@H](NC(=O)C=Cc2c(-n3cnnn3)ccc(Cl)c2F)C(=O)Nc2ccc(NC(=O)OCCC(=O)O)cc2)n1. The third kappa shape index (κ3) is 9.17. The van der Waals surface area contributed by atoms with Gasteiger partial charge >= 0.3 is 12.1 Å². The summed E-state index contributed by atoms with van der Waals surface area (Å²) in [6.07, 6.45) is 4.14. The van der Waals surface area contributed by atoms with Crippen LogP contribution in [0.1, 0.15) is 24.6 Å². The van der Waals surface area contributed by atoms with Crippen LogP contribution in [0.4, 0.5) is 20.6 Å². The first-order chi connectivity index (χ1) is 21.6. The lowest BCUT2D eigenvalue weighted by molar-refractivity contribution is -0.137. The molecule has 4 aromatic rings. The highest BCUT2D eigenvalue weighted by atomic mass is 35.5. The van der Waals surface area contributed by atoms with Crippen molar-refractivity contribution >= 4 is 52.9 Å². The van der Waals surface area contributed by atoms with E-state index in [1.807, 2.05) is 6.92 Å². The van der Waals surface area contributed by atoms with E-state index in [1.165, 1.54) is 53.5 Å². The Morgan fingerprint density at radius 2 is 1.82 bits per heavy atom. The van der Waals surface area contributed by atoms with E-state index in [9.17, 15) is 23.6 Å². The van der Waals surface area contributed by atoms with Gasteiger partial charge in [-0.2, -0.15) is 9.78 Å². The maximum atomic E-state index is 14.9. The van der Waals surface area contributed by atoms with Crippen molar-refractivity contribution in [2.24, 2.45) is 0 Å². The molecule has 2 aromatic carbocycles. The molecule has 234 valence electrons. The van der Waals surface area contributed by atoms with Crippen LogP contribution in [0.3, 0.4) is 0 Å². The van der Waals surface area contributed by atoms with Gasteiger partial charge in [0.15, 0.2) is 5.82 Å². The molecule has 0 fully saturated rings. The quantitative estimate of drug-likeness (QED) is 0.158. The number of halogens is 2. The number of benzene rings is 2. The molecule has 4 rings (SSSR count). The Kier molecular flexibility index (Phi) is 10.9. The van der Waals surface area contributed by atoms with E-state index in [1.54, 1.807) is 16.9 Å². The van der Waals surface area contributed by atoms with Gasteiger partial charge in [0.05, 0.1) is 22.8 Å². The number of carboxylic acids is 1. The highest BCUT2D eigenvalue weighted by molar-refractivity contribution is 6.31. The standard InChI is InChI=1S/C28H27ClFN9O6/c1-2-38-13-11-19(35-38)15-22(27(43)32-17-3-5-18(6-4-17)33-28(44)45-14-12-25(41)42)34-24(40)10-7-20-23(39-16-31-36-37-39)9-8-21(29)26(20)30/h3-11,13,16,22H,2,12,14-15H2,1H3,(H,32,43)(H,33,44)(H,34,40)(H,41,42)/t22-/m0/s1. The number of aliphatic carboxylic acids is 1. The number of carbonyl (C=O) groups excluding carboxylic acids is 3. The highest BCUT2D eigenvalue weighted by Gasteiger charge is 2.22. The number of nitrogens with one attached hydrogen (secondary N) is 3. The van der Waals surface area contributed by atoms with Crippen LogP contribution in [-0.4, -0.2) is 71.6 Å². The van der Waals surface area contributed by atoms with E-state index in [-0.39, 0.29) is 35.7 Å². The smallest absolute Gasteiger partial charge is 0.411 e. The molecule has 0 saturated heterocycles. The van der Waals surface area contributed by atoms with Crippen molar-refractivity contribution in [1.29, 1.82) is 0 Å². The summed E-state index contributed by atoms with van der Waals surface area (Å²) in [7, 11) is 0. The summed E-state index contributed by atoms with van der Waals surface area (Å²) < 4.78 is 22.6. The van der Waals surface area contributed by atoms with Crippen LogP contribution in [0, 0.1) is 5.82 Å². The summed E-state index contributed by atoms with van der Waals surface area (Å²) in [5, 5.41) is 31.5. The van der Waals surface area contributed by atoms with E-state index >= 15 is 0 Å². The lowest BCUT2D eigenvalue weighted by Crippen LogP contribution is -2.44. The molecular weight excluding hydrogens is 613 g/mol. The number of carbonyl (C=O) groups is 4. The number of aryl methyl sites for hydroxylation is 1. The second-order valence-electron chi connectivity index (χ2n) is 9.28. The third-order valence-electron chi connectivity index (χ3n) is 6.12. The molecule has 0 bridgehead atoms. The van der Waals surface area contributed by atoms with E-state index in [4.69, 9.17) is 21.4 Å². The van der Waals surface area contributed by atoms with Crippen LogP contribution < -0.4 is 16.0 Å². The Bertz CT molecular complexity index is 1690. The molecule has 0 radical (unpaired) electrons. The van der Waals surface area contributed by atoms with Crippen molar-refractivity contribution in [2.75, 3.05) is 17.2 Å². The molecule has 0 aliphatic rings. The molecule has 0 saturated carbocycles. The zero-order valence-electron chi connectivity index (χ0n) is 23.7. The number of rotatable bonds is 13. The fourth-order valence-electron chi connectivity index (χ4n) is 3.92. The largest absolute Gasteiger partial charge is 0.481 e. The van der Waals surface area contributed by atoms with Crippen LogP contribution in [-0.2, 0) is 32.1 Å². The maximum Gasteiger partial charge on any atom is 0.411 e. The molecule has 3 amide bonds. The number of carboxylic acid groups (broad SMARTS) is 1. The average Bonchev–Trinajstić information content (AvgIpc) is 3.71. The molecule has 0 unspecified atom stereocenters. The molecular formula is C28H27ClFN9O6. The summed E-state index contributed by atoms with van der Waals surface area (Å²) in [5.74, 6) is -3.16. The number of anilines is 2. The van der Waals surface area contributed by atoms with Crippen molar-refractivity contribution in [3.05, 3.63) is 83.2 Å². The molecule has 0 spiro atoms. The number of nitrogens with zero attached hydrogens (tertiary/aromatic N) is 6. The molecule has 0 aliphatic carbocycles. The topological polar surface area (TPSA) is 195 Å². The summed E-state index contributed by atoms with van der Waals surface area (Å²) in [5.41, 5.74) is 1.42. The van der Waals surface area contributed by atoms with Gasteiger partial charge in [-0.3, -0.25) is 24.4 Å². The van der Waals surface area contributed by atoms with Gasteiger partial charge < -0.3 is 20.5 Å². The second kappa shape index (κ2) is 15.2. The fourth-order valence-corrected chi connectivity index (χ4v) is 4.09. The first-order valence-electron chi connectivity index (χ1n) is 13.4. The van der Waals surface area contributed by atoms with Crippen LogP contribution in [0.5, 0.6) is 0 Å². The minimum absolute atomic E-state index is 0.0433. The fraction of sp³-hybridized carbons (Fsp3) is 0.214. The average molecular weight is 640 g/mol. The van der Waals surface area contributed by atoms with E-state index in [0.29, 0.717) is 23.6 Å². The predicted molar refractivity (Wildman–Crippen MR) is 159 cm³/mol. The summed E-state index contributed by atoms with van der Waals surface area (Å²) in [4.78, 5) is 48.7. The van der Waals surface area contributed by atoms with Crippen LogP contribution in [0.2, 0.25) is 5.02 Å².